The molecule has 2 amide bonds. The number of alkyl halides is 3. The molecule has 2 fully saturated rings. The number of carboxylic acids is 1. The zero-order valence-corrected chi connectivity index (χ0v) is 20.9. The first-order chi connectivity index (χ1) is 17.7. The van der Waals surface area contributed by atoms with E-state index in [0.29, 0.717) is 6.04 Å². The van der Waals surface area contributed by atoms with E-state index in [4.69, 9.17) is 19.9 Å². The standard InChI is InChI=1S/C23H27N5OS.C2HF3O2/c29-22(24-18-7-2-1-3-8-18)27-12-14-28(15-13-27)23-26-21(16-30-23)20-11-10-17-6-4-5-9-19(17)25-20;3-2(4,5)1(6)7/h4-6,9-11,16,18H,1-3,7-8,12-15H2,(H,24,29);(H,6,7). The molecule has 5 rings (SSSR count). The lowest BCUT2D eigenvalue weighted by molar-refractivity contribution is -0.192. The van der Waals surface area contributed by atoms with Crippen LogP contribution < -0.4 is 10.2 Å². The number of hydrogen-bond acceptors (Lipinski definition) is 6. The Balaban J connectivity index is 0.000000405. The van der Waals surface area contributed by atoms with E-state index < -0.39 is 12.1 Å². The Morgan fingerprint density at radius 1 is 0.946 bits per heavy atom. The van der Waals surface area contributed by atoms with Crippen LogP contribution in [0.25, 0.3) is 22.3 Å². The van der Waals surface area contributed by atoms with Gasteiger partial charge < -0.3 is 20.2 Å². The Kier molecular flexibility index (Phi) is 8.47. The number of thiazole rings is 1. The van der Waals surface area contributed by atoms with Gasteiger partial charge in [-0.15, -0.1) is 11.3 Å². The number of nitrogens with one attached hydrogen (secondary N) is 1. The number of rotatable bonds is 3. The number of para-hydroxylation sites is 1. The molecule has 0 spiro atoms. The molecule has 3 aromatic rings. The van der Waals surface area contributed by atoms with Crippen molar-refractivity contribution in [2.24, 2.45) is 0 Å². The maximum absolute atomic E-state index is 12.6. The summed E-state index contributed by atoms with van der Waals surface area (Å²) in [5.41, 5.74) is 2.81. The molecule has 8 nitrogen and oxygen atoms in total. The highest BCUT2D eigenvalue weighted by Gasteiger charge is 2.38. The van der Waals surface area contributed by atoms with Crippen LogP contribution in [0.4, 0.5) is 23.1 Å². The van der Waals surface area contributed by atoms with Crippen molar-refractivity contribution in [3.05, 3.63) is 41.8 Å². The average molecular weight is 536 g/mol. The summed E-state index contributed by atoms with van der Waals surface area (Å²) in [5.74, 6) is -2.76. The molecule has 2 aliphatic rings. The van der Waals surface area contributed by atoms with Crippen molar-refractivity contribution in [2.75, 3.05) is 31.1 Å². The monoisotopic (exact) mass is 535 g/mol. The summed E-state index contributed by atoms with van der Waals surface area (Å²) in [6.07, 6.45) is 0.927. The first-order valence-electron chi connectivity index (χ1n) is 12.1. The predicted octanol–water partition coefficient (Wildman–Crippen LogP) is 5.16. The lowest BCUT2D eigenvalue weighted by Gasteiger charge is -2.35. The third-order valence-electron chi connectivity index (χ3n) is 6.37. The summed E-state index contributed by atoms with van der Waals surface area (Å²) >= 11 is 1.65. The van der Waals surface area contributed by atoms with Gasteiger partial charge in [-0.3, -0.25) is 0 Å². The summed E-state index contributed by atoms with van der Waals surface area (Å²) in [5, 5.41) is 14.6. The molecular formula is C25H28F3N5O3S. The fourth-order valence-electron chi connectivity index (χ4n) is 4.35. The van der Waals surface area contributed by atoms with Crippen molar-refractivity contribution in [1.29, 1.82) is 0 Å². The molecule has 0 unspecified atom stereocenters. The highest BCUT2D eigenvalue weighted by molar-refractivity contribution is 7.14. The maximum Gasteiger partial charge on any atom is 0.490 e. The highest BCUT2D eigenvalue weighted by atomic mass is 32.1. The fourth-order valence-corrected chi connectivity index (χ4v) is 5.22. The van der Waals surface area contributed by atoms with Crippen molar-refractivity contribution in [1.82, 2.24) is 20.2 Å². The van der Waals surface area contributed by atoms with Gasteiger partial charge in [0, 0.05) is 43.0 Å². The average Bonchev–Trinajstić information content (AvgIpc) is 3.39. The number of piperazine rings is 1. The molecule has 0 atom stereocenters. The van der Waals surface area contributed by atoms with Crippen LogP contribution in [0.5, 0.6) is 0 Å². The Labute approximate surface area is 216 Å². The van der Waals surface area contributed by atoms with Gasteiger partial charge in [-0.2, -0.15) is 13.2 Å². The van der Waals surface area contributed by atoms with Crippen molar-refractivity contribution in [3.8, 4) is 11.4 Å². The highest BCUT2D eigenvalue weighted by Crippen LogP contribution is 2.28. The van der Waals surface area contributed by atoms with Gasteiger partial charge in [-0.05, 0) is 25.0 Å². The van der Waals surface area contributed by atoms with Crippen molar-refractivity contribution in [2.45, 2.75) is 44.3 Å². The van der Waals surface area contributed by atoms with E-state index in [-0.39, 0.29) is 6.03 Å². The second kappa shape index (κ2) is 11.8. The Morgan fingerprint density at radius 2 is 1.62 bits per heavy atom. The number of amides is 2. The predicted molar refractivity (Wildman–Crippen MR) is 136 cm³/mol. The molecular weight excluding hydrogens is 507 g/mol. The van der Waals surface area contributed by atoms with Gasteiger partial charge in [-0.1, -0.05) is 43.5 Å². The van der Waals surface area contributed by atoms with E-state index in [2.05, 4.69) is 27.7 Å². The number of carbonyl (C=O) groups is 2. The zero-order valence-electron chi connectivity index (χ0n) is 20.1. The fraction of sp³-hybridized carbons (Fsp3) is 0.440. The van der Waals surface area contributed by atoms with Gasteiger partial charge in [0.2, 0.25) is 0 Å². The number of pyridine rings is 1. The third-order valence-corrected chi connectivity index (χ3v) is 7.27. The first-order valence-corrected chi connectivity index (χ1v) is 13.0. The molecule has 1 aromatic carbocycles. The van der Waals surface area contributed by atoms with E-state index in [1.807, 2.05) is 29.2 Å². The summed E-state index contributed by atoms with van der Waals surface area (Å²) in [7, 11) is 0. The van der Waals surface area contributed by atoms with Gasteiger partial charge in [-0.25, -0.2) is 19.6 Å². The maximum atomic E-state index is 12.6. The summed E-state index contributed by atoms with van der Waals surface area (Å²) in [6.45, 7) is 3.11. The van der Waals surface area contributed by atoms with E-state index in [9.17, 15) is 18.0 Å². The molecule has 12 heteroatoms. The van der Waals surface area contributed by atoms with Gasteiger partial charge >= 0.3 is 18.2 Å². The van der Waals surface area contributed by atoms with Gasteiger partial charge in [0.15, 0.2) is 5.13 Å². The zero-order chi connectivity index (χ0) is 26.4. The number of aliphatic carboxylic acids is 1. The minimum Gasteiger partial charge on any atom is -0.475 e. The molecule has 1 aliphatic carbocycles. The SMILES string of the molecule is O=C(NC1CCCCC1)N1CCN(c2nc(-c3ccc4ccccc4n3)cs2)CC1.O=C(O)C(F)(F)F. The molecule has 2 N–H and O–H groups in total. The molecule has 37 heavy (non-hydrogen) atoms. The number of halogens is 3. The number of nitrogens with zero attached hydrogens (tertiary/aromatic N) is 4. The van der Waals surface area contributed by atoms with Crippen LogP contribution in [-0.2, 0) is 4.79 Å². The molecule has 1 saturated carbocycles. The lowest BCUT2D eigenvalue weighted by atomic mass is 9.96. The van der Waals surface area contributed by atoms with E-state index >= 15 is 0 Å². The van der Waals surface area contributed by atoms with Gasteiger partial charge in [0.1, 0.15) is 5.69 Å². The molecule has 1 saturated heterocycles. The van der Waals surface area contributed by atoms with Crippen LogP contribution in [0.15, 0.2) is 41.8 Å². The van der Waals surface area contributed by atoms with Crippen LogP contribution in [0.2, 0.25) is 0 Å². The largest absolute Gasteiger partial charge is 0.490 e. The molecule has 1 aliphatic heterocycles. The first kappa shape index (κ1) is 26.6. The van der Waals surface area contributed by atoms with Gasteiger partial charge in [0.05, 0.1) is 11.2 Å². The van der Waals surface area contributed by atoms with Crippen molar-refractivity contribution < 1.29 is 27.9 Å². The van der Waals surface area contributed by atoms with Crippen LogP contribution in [0.3, 0.4) is 0 Å². The summed E-state index contributed by atoms with van der Waals surface area (Å²) in [6, 6.07) is 12.7. The van der Waals surface area contributed by atoms with E-state index in [0.717, 1.165) is 66.4 Å². The second-order valence-corrected chi connectivity index (χ2v) is 9.80. The molecule has 3 heterocycles. The Morgan fingerprint density at radius 3 is 2.30 bits per heavy atom. The molecule has 0 radical (unpaired) electrons. The summed E-state index contributed by atoms with van der Waals surface area (Å²) < 4.78 is 31.7. The number of anilines is 1. The van der Waals surface area contributed by atoms with E-state index in [1.165, 1.54) is 19.3 Å². The Bertz CT molecular complexity index is 1220. The van der Waals surface area contributed by atoms with Crippen LogP contribution in [0.1, 0.15) is 32.1 Å². The number of fused-ring (bicyclic) bond motifs is 1. The van der Waals surface area contributed by atoms with Crippen LogP contribution in [-0.4, -0.2) is 70.4 Å². The number of urea groups is 1. The van der Waals surface area contributed by atoms with Crippen molar-refractivity contribution in [3.63, 3.8) is 0 Å². The number of aromatic nitrogens is 2. The third kappa shape index (κ3) is 7.09. The minimum absolute atomic E-state index is 0.0988. The molecule has 0 bridgehead atoms. The number of carbonyl (C=O) groups excluding carboxylic acids is 1. The van der Waals surface area contributed by atoms with E-state index in [1.54, 1.807) is 11.3 Å². The number of hydrogen-bond donors (Lipinski definition) is 2. The molecule has 2 aromatic heterocycles. The quantitative estimate of drug-likeness (QED) is 0.481. The minimum atomic E-state index is -5.08. The Hall–Kier alpha value is -3.41. The normalized spacial score (nSPS) is 16.7. The number of carboxylic acid groups (broad SMARTS) is 1. The van der Waals surface area contributed by atoms with Gasteiger partial charge in [0.25, 0.3) is 0 Å². The topological polar surface area (TPSA) is 98.7 Å². The second-order valence-electron chi connectivity index (χ2n) is 8.97. The number of benzene rings is 1. The summed E-state index contributed by atoms with van der Waals surface area (Å²) in [4.78, 5) is 35.3. The lowest BCUT2D eigenvalue weighted by Crippen LogP contribution is -2.53. The molecule has 198 valence electrons. The smallest absolute Gasteiger partial charge is 0.475 e. The van der Waals surface area contributed by atoms with Crippen LogP contribution >= 0.6 is 11.3 Å². The van der Waals surface area contributed by atoms with Crippen LogP contribution in [0, 0.1) is 0 Å². The van der Waals surface area contributed by atoms with Crippen molar-refractivity contribution >= 4 is 39.4 Å².